The van der Waals surface area contributed by atoms with Crippen LogP contribution in [-0.2, 0) is 4.74 Å². The van der Waals surface area contributed by atoms with Crippen molar-refractivity contribution in [3.05, 3.63) is 60.2 Å². The molecule has 0 amide bonds. The minimum atomic E-state index is 0.139. The number of hydrogen-bond donors (Lipinski definition) is 1. The molecule has 1 fully saturated rings. The van der Waals surface area contributed by atoms with Gasteiger partial charge in [-0.3, -0.25) is 4.79 Å². The lowest BCUT2D eigenvalue weighted by Crippen LogP contribution is -2.42. The molecule has 108 valence electrons. The summed E-state index contributed by atoms with van der Waals surface area (Å²) < 4.78 is 5.38. The van der Waals surface area contributed by atoms with E-state index in [-0.39, 0.29) is 11.8 Å². The summed E-state index contributed by atoms with van der Waals surface area (Å²) in [5, 5.41) is 3.31. The van der Waals surface area contributed by atoms with Crippen LogP contribution >= 0.6 is 0 Å². The Hall–Kier alpha value is -1.97. The molecule has 1 heterocycles. The highest BCUT2D eigenvalue weighted by atomic mass is 16.5. The number of ketones is 1. The third-order valence-electron chi connectivity index (χ3n) is 3.74. The van der Waals surface area contributed by atoms with Gasteiger partial charge in [0, 0.05) is 24.6 Å². The third-order valence-corrected chi connectivity index (χ3v) is 3.74. The maximum atomic E-state index is 12.3. The zero-order valence-corrected chi connectivity index (χ0v) is 11.9. The second kappa shape index (κ2) is 6.66. The van der Waals surface area contributed by atoms with E-state index < -0.39 is 0 Å². The SMILES string of the molecule is O=C(CC1COCCN1)c1ccc(-c2ccccc2)cc1. The summed E-state index contributed by atoms with van der Waals surface area (Å²) in [4.78, 5) is 12.3. The van der Waals surface area contributed by atoms with Crippen molar-refractivity contribution in [1.82, 2.24) is 5.32 Å². The van der Waals surface area contributed by atoms with Gasteiger partial charge in [-0.25, -0.2) is 0 Å². The lowest BCUT2D eigenvalue weighted by atomic mass is 9.99. The van der Waals surface area contributed by atoms with Crippen molar-refractivity contribution in [3.63, 3.8) is 0 Å². The molecule has 0 saturated carbocycles. The van der Waals surface area contributed by atoms with E-state index in [1.165, 1.54) is 5.56 Å². The summed E-state index contributed by atoms with van der Waals surface area (Å²) in [6.45, 7) is 2.18. The lowest BCUT2D eigenvalue weighted by Gasteiger charge is -2.23. The van der Waals surface area contributed by atoms with E-state index in [0.717, 1.165) is 24.3 Å². The van der Waals surface area contributed by atoms with Crippen LogP contribution in [0.2, 0.25) is 0 Å². The number of Topliss-reactive ketones (excluding diaryl/α,β-unsaturated/α-hetero) is 1. The van der Waals surface area contributed by atoms with Crippen LogP contribution in [0.5, 0.6) is 0 Å². The Kier molecular flexibility index (Phi) is 4.43. The molecule has 0 aromatic heterocycles. The maximum Gasteiger partial charge on any atom is 0.164 e. The average molecular weight is 281 g/mol. The third kappa shape index (κ3) is 3.57. The molecule has 0 radical (unpaired) electrons. The fourth-order valence-corrected chi connectivity index (χ4v) is 2.57. The van der Waals surface area contributed by atoms with E-state index in [1.54, 1.807) is 0 Å². The lowest BCUT2D eigenvalue weighted by molar-refractivity contribution is 0.0676. The highest BCUT2D eigenvalue weighted by molar-refractivity contribution is 5.96. The smallest absolute Gasteiger partial charge is 0.164 e. The van der Waals surface area contributed by atoms with Crippen LogP contribution < -0.4 is 5.32 Å². The van der Waals surface area contributed by atoms with E-state index >= 15 is 0 Å². The number of rotatable bonds is 4. The van der Waals surface area contributed by atoms with Crippen molar-refractivity contribution < 1.29 is 9.53 Å². The minimum absolute atomic E-state index is 0.139. The molecule has 1 atom stereocenters. The van der Waals surface area contributed by atoms with E-state index in [2.05, 4.69) is 17.4 Å². The van der Waals surface area contributed by atoms with Gasteiger partial charge in [0.2, 0.25) is 0 Å². The van der Waals surface area contributed by atoms with Gasteiger partial charge in [-0.1, -0.05) is 54.6 Å². The van der Waals surface area contributed by atoms with E-state index in [9.17, 15) is 4.79 Å². The molecule has 21 heavy (non-hydrogen) atoms. The van der Waals surface area contributed by atoms with Gasteiger partial charge in [0.05, 0.1) is 13.2 Å². The maximum absolute atomic E-state index is 12.3. The fourth-order valence-electron chi connectivity index (χ4n) is 2.57. The number of hydrogen-bond acceptors (Lipinski definition) is 3. The van der Waals surface area contributed by atoms with Crippen molar-refractivity contribution in [1.29, 1.82) is 0 Å². The zero-order valence-electron chi connectivity index (χ0n) is 11.9. The Labute approximate surface area is 124 Å². The molecule has 0 spiro atoms. The predicted molar refractivity (Wildman–Crippen MR) is 83.4 cm³/mol. The summed E-state index contributed by atoms with van der Waals surface area (Å²) >= 11 is 0. The van der Waals surface area contributed by atoms with Crippen molar-refractivity contribution >= 4 is 5.78 Å². The molecule has 3 nitrogen and oxygen atoms in total. The fraction of sp³-hybridized carbons (Fsp3) is 0.278. The van der Waals surface area contributed by atoms with E-state index in [1.807, 2.05) is 42.5 Å². The van der Waals surface area contributed by atoms with Crippen molar-refractivity contribution in [2.75, 3.05) is 19.8 Å². The van der Waals surface area contributed by atoms with Gasteiger partial charge in [-0.15, -0.1) is 0 Å². The number of benzene rings is 2. The molecular formula is C18H19NO2. The van der Waals surface area contributed by atoms with Crippen molar-refractivity contribution in [3.8, 4) is 11.1 Å². The van der Waals surface area contributed by atoms with Crippen molar-refractivity contribution in [2.45, 2.75) is 12.5 Å². The zero-order chi connectivity index (χ0) is 14.5. The van der Waals surface area contributed by atoms with Gasteiger partial charge in [-0.2, -0.15) is 0 Å². The van der Waals surface area contributed by atoms with Gasteiger partial charge in [0.1, 0.15) is 0 Å². The van der Waals surface area contributed by atoms with Crippen LogP contribution in [0, 0.1) is 0 Å². The van der Waals surface area contributed by atoms with Gasteiger partial charge in [0.25, 0.3) is 0 Å². The molecule has 3 rings (SSSR count). The van der Waals surface area contributed by atoms with Crippen molar-refractivity contribution in [2.24, 2.45) is 0 Å². The number of nitrogens with one attached hydrogen (secondary N) is 1. The van der Waals surface area contributed by atoms with Crippen LogP contribution in [0.25, 0.3) is 11.1 Å². The molecule has 0 bridgehead atoms. The Morgan fingerprint density at radius 3 is 2.43 bits per heavy atom. The molecule has 3 heteroatoms. The first-order valence-corrected chi connectivity index (χ1v) is 7.33. The number of morpholine rings is 1. The van der Waals surface area contributed by atoms with Gasteiger partial charge in [-0.05, 0) is 11.1 Å². The van der Waals surface area contributed by atoms with Crippen LogP contribution in [0.4, 0.5) is 0 Å². The van der Waals surface area contributed by atoms with Crippen LogP contribution in [-0.4, -0.2) is 31.6 Å². The van der Waals surface area contributed by atoms with E-state index in [4.69, 9.17) is 4.74 Å². The van der Waals surface area contributed by atoms with Crippen LogP contribution in [0.15, 0.2) is 54.6 Å². The molecule has 1 unspecified atom stereocenters. The summed E-state index contributed by atoms with van der Waals surface area (Å²) in [5.41, 5.74) is 3.06. The Bertz CT molecular complexity index is 586. The molecule has 0 aliphatic carbocycles. The highest BCUT2D eigenvalue weighted by Crippen LogP contribution is 2.20. The molecule has 1 saturated heterocycles. The van der Waals surface area contributed by atoms with Crippen LogP contribution in [0.3, 0.4) is 0 Å². The summed E-state index contributed by atoms with van der Waals surface area (Å²) in [6, 6.07) is 18.1. The van der Waals surface area contributed by atoms with Gasteiger partial charge >= 0.3 is 0 Å². The minimum Gasteiger partial charge on any atom is -0.378 e. The first-order valence-electron chi connectivity index (χ1n) is 7.33. The van der Waals surface area contributed by atoms with Crippen LogP contribution in [0.1, 0.15) is 16.8 Å². The number of ether oxygens (including phenoxy) is 1. The largest absolute Gasteiger partial charge is 0.378 e. The number of carbonyl (C=O) groups excluding carboxylic acids is 1. The molecule has 1 aliphatic heterocycles. The molecule has 2 aromatic rings. The molecular weight excluding hydrogens is 262 g/mol. The quantitative estimate of drug-likeness (QED) is 0.876. The summed E-state index contributed by atoms with van der Waals surface area (Å²) in [5.74, 6) is 0.164. The number of carbonyl (C=O) groups is 1. The normalized spacial score (nSPS) is 18.4. The standard InChI is InChI=1S/C18H19NO2/c20-18(12-17-13-21-11-10-19-17)16-8-6-15(7-9-16)14-4-2-1-3-5-14/h1-9,17,19H,10-13H2. The Morgan fingerprint density at radius 1 is 1.05 bits per heavy atom. The average Bonchev–Trinajstić information content (AvgIpc) is 2.57. The monoisotopic (exact) mass is 281 g/mol. The second-order valence-corrected chi connectivity index (χ2v) is 5.30. The summed E-state index contributed by atoms with van der Waals surface area (Å²) in [6.07, 6.45) is 0.491. The van der Waals surface area contributed by atoms with E-state index in [0.29, 0.717) is 13.0 Å². The first-order chi connectivity index (χ1) is 10.3. The van der Waals surface area contributed by atoms with Gasteiger partial charge in [0.15, 0.2) is 5.78 Å². The Morgan fingerprint density at radius 2 is 1.76 bits per heavy atom. The molecule has 1 N–H and O–H groups in total. The Balaban J connectivity index is 1.67. The highest BCUT2D eigenvalue weighted by Gasteiger charge is 2.17. The van der Waals surface area contributed by atoms with Gasteiger partial charge < -0.3 is 10.1 Å². The summed E-state index contributed by atoms with van der Waals surface area (Å²) in [7, 11) is 0. The second-order valence-electron chi connectivity index (χ2n) is 5.30. The molecule has 2 aromatic carbocycles. The predicted octanol–water partition coefficient (Wildman–Crippen LogP) is 2.91. The topological polar surface area (TPSA) is 38.3 Å². The molecule has 1 aliphatic rings. The first kappa shape index (κ1) is 14.0.